The van der Waals surface area contributed by atoms with Crippen molar-refractivity contribution < 1.29 is 14.7 Å². The van der Waals surface area contributed by atoms with E-state index in [-0.39, 0.29) is 17.6 Å². The van der Waals surface area contributed by atoms with Gasteiger partial charge in [0.15, 0.2) is 0 Å². The van der Waals surface area contributed by atoms with Crippen LogP contribution in [0.3, 0.4) is 0 Å². The lowest BCUT2D eigenvalue weighted by Gasteiger charge is -2.19. The summed E-state index contributed by atoms with van der Waals surface area (Å²) in [5, 5.41) is 12.3. The molecule has 0 saturated carbocycles. The summed E-state index contributed by atoms with van der Waals surface area (Å²) in [7, 11) is 0. The predicted molar refractivity (Wildman–Crippen MR) is 66.4 cm³/mol. The molecule has 5 nitrogen and oxygen atoms in total. The van der Waals surface area contributed by atoms with Crippen LogP contribution in [0, 0.1) is 6.92 Å². The van der Waals surface area contributed by atoms with E-state index in [1.54, 1.807) is 24.0 Å². The van der Waals surface area contributed by atoms with Crippen LogP contribution in [-0.4, -0.2) is 41.5 Å². The number of aryl methyl sites for hydroxylation is 1. The first-order valence-corrected chi connectivity index (χ1v) is 5.93. The van der Waals surface area contributed by atoms with Gasteiger partial charge in [-0.25, -0.2) is 0 Å². The van der Waals surface area contributed by atoms with Gasteiger partial charge in [-0.3, -0.25) is 9.59 Å². The summed E-state index contributed by atoms with van der Waals surface area (Å²) in [5.41, 5.74) is 1.19. The van der Waals surface area contributed by atoms with Gasteiger partial charge in [0.1, 0.15) is 5.75 Å². The number of hydrogen-bond donors (Lipinski definition) is 2. The Morgan fingerprint density at radius 2 is 2.17 bits per heavy atom. The number of hydrogen-bond acceptors (Lipinski definition) is 3. The molecule has 2 amide bonds. The number of amides is 2. The van der Waals surface area contributed by atoms with Crippen LogP contribution < -0.4 is 5.32 Å². The van der Waals surface area contributed by atoms with Crippen molar-refractivity contribution in [3.63, 3.8) is 0 Å². The molecule has 0 radical (unpaired) electrons. The summed E-state index contributed by atoms with van der Waals surface area (Å²) in [6.07, 6.45) is 0.323. The zero-order valence-electron chi connectivity index (χ0n) is 10.3. The Hall–Kier alpha value is -2.04. The minimum absolute atomic E-state index is 0.0305. The molecule has 1 fully saturated rings. The first-order chi connectivity index (χ1) is 8.58. The molecule has 1 aromatic rings. The van der Waals surface area contributed by atoms with E-state index < -0.39 is 0 Å². The van der Waals surface area contributed by atoms with E-state index in [2.05, 4.69) is 5.32 Å². The van der Waals surface area contributed by atoms with Crippen molar-refractivity contribution in [3.05, 3.63) is 29.3 Å². The second kappa shape index (κ2) is 5.08. The normalized spacial score (nSPS) is 16.1. The van der Waals surface area contributed by atoms with E-state index in [1.165, 1.54) is 6.07 Å². The van der Waals surface area contributed by atoms with Gasteiger partial charge in [-0.15, -0.1) is 0 Å². The van der Waals surface area contributed by atoms with E-state index in [9.17, 15) is 14.7 Å². The van der Waals surface area contributed by atoms with Crippen LogP contribution >= 0.6 is 0 Å². The monoisotopic (exact) mass is 248 g/mol. The molecule has 0 spiro atoms. The van der Waals surface area contributed by atoms with E-state index in [4.69, 9.17) is 0 Å². The summed E-state index contributed by atoms with van der Waals surface area (Å²) in [6.45, 7) is 3.17. The predicted octanol–water partition coefficient (Wildman–Crippen LogP) is 0.663. The number of benzene rings is 1. The van der Waals surface area contributed by atoms with E-state index in [0.29, 0.717) is 31.6 Å². The molecule has 1 aliphatic heterocycles. The number of phenols is 1. The molecular formula is C13H16N2O3. The van der Waals surface area contributed by atoms with Crippen LogP contribution in [0.15, 0.2) is 18.2 Å². The molecule has 18 heavy (non-hydrogen) atoms. The molecule has 0 atom stereocenters. The number of carbonyl (C=O) groups excluding carboxylic acids is 2. The smallest absolute Gasteiger partial charge is 0.254 e. The van der Waals surface area contributed by atoms with Crippen LogP contribution in [-0.2, 0) is 4.79 Å². The highest BCUT2D eigenvalue weighted by atomic mass is 16.3. The lowest BCUT2D eigenvalue weighted by molar-refractivity contribution is -0.120. The molecule has 1 aliphatic rings. The Morgan fingerprint density at radius 3 is 2.89 bits per heavy atom. The Kier molecular flexibility index (Phi) is 3.50. The largest absolute Gasteiger partial charge is 0.508 e. The molecule has 0 aromatic heterocycles. The van der Waals surface area contributed by atoms with Crippen molar-refractivity contribution in [1.82, 2.24) is 10.2 Å². The number of phenolic OH excluding ortho intramolecular Hbond substituents is 1. The molecule has 1 aromatic carbocycles. The Balaban J connectivity index is 2.14. The Morgan fingerprint density at radius 1 is 1.39 bits per heavy atom. The van der Waals surface area contributed by atoms with Gasteiger partial charge in [-0.2, -0.15) is 0 Å². The zero-order chi connectivity index (χ0) is 13.1. The van der Waals surface area contributed by atoms with Crippen molar-refractivity contribution >= 4 is 11.8 Å². The summed E-state index contributed by atoms with van der Waals surface area (Å²) in [6, 6.07) is 4.87. The van der Waals surface area contributed by atoms with Crippen LogP contribution in [0.1, 0.15) is 22.3 Å². The van der Waals surface area contributed by atoms with Crippen molar-refractivity contribution in [2.45, 2.75) is 13.3 Å². The van der Waals surface area contributed by atoms with Gasteiger partial charge >= 0.3 is 0 Å². The van der Waals surface area contributed by atoms with E-state index >= 15 is 0 Å². The summed E-state index contributed by atoms with van der Waals surface area (Å²) < 4.78 is 0. The maximum Gasteiger partial charge on any atom is 0.254 e. The minimum atomic E-state index is -0.151. The molecule has 5 heteroatoms. The number of rotatable bonds is 1. The lowest BCUT2D eigenvalue weighted by atomic mass is 10.1. The third-order valence-electron chi connectivity index (χ3n) is 3.06. The number of aromatic hydroxyl groups is 1. The molecule has 2 N–H and O–H groups in total. The van der Waals surface area contributed by atoms with Gasteiger partial charge < -0.3 is 15.3 Å². The maximum atomic E-state index is 12.2. The summed E-state index contributed by atoms with van der Waals surface area (Å²) >= 11 is 0. The van der Waals surface area contributed by atoms with Gasteiger partial charge in [0.2, 0.25) is 5.91 Å². The van der Waals surface area contributed by atoms with Gasteiger partial charge in [-0.05, 0) is 24.6 Å². The van der Waals surface area contributed by atoms with Crippen molar-refractivity contribution in [2.75, 3.05) is 19.6 Å². The van der Waals surface area contributed by atoms with Crippen molar-refractivity contribution in [1.29, 1.82) is 0 Å². The average molecular weight is 248 g/mol. The van der Waals surface area contributed by atoms with Gasteiger partial charge in [-0.1, -0.05) is 6.07 Å². The molecule has 0 bridgehead atoms. The number of nitrogens with one attached hydrogen (secondary N) is 1. The molecule has 1 heterocycles. The highest BCUT2D eigenvalue weighted by Crippen LogP contribution is 2.18. The fourth-order valence-corrected chi connectivity index (χ4v) is 1.90. The number of carbonyl (C=O) groups is 2. The van der Waals surface area contributed by atoms with Crippen molar-refractivity contribution in [2.24, 2.45) is 0 Å². The Labute approximate surface area is 105 Å². The SMILES string of the molecule is Cc1ccc(C(=O)N2CCNC(=O)CC2)cc1O. The van der Waals surface area contributed by atoms with Crippen molar-refractivity contribution in [3.8, 4) is 5.75 Å². The lowest BCUT2D eigenvalue weighted by Crippen LogP contribution is -2.34. The second-order valence-electron chi connectivity index (χ2n) is 4.39. The highest BCUT2D eigenvalue weighted by Gasteiger charge is 2.20. The summed E-state index contributed by atoms with van der Waals surface area (Å²) in [4.78, 5) is 25.0. The summed E-state index contributed by atoms with van der Waals surface area (Å²) in [5.74, 6) is -0.0660. The third-order valence-corrected chi connectivity index (χ3v) is 3.06. The van der Waals surface area contributed by atoms with E-state index in [0.717, 1.165) is 5.56 Å². The Bertz CT molecular complexity index is 485. The van der Waals surface area contributed by atoms with Gasteiger partial charge in [0.25, 0.3) is 5.91 Å². The molecule has 0 unspecified atom stereocenters. The molecular weight excluding hydrogens is 232 g/mol. The van der Waals surface area contributed by atoms with Crippen LogP contribution in [0.25, 0.3) is 0 Å². The molecule has 96 valence electrons. The first kappa shape index (κ1) is 12.4. The van der Waals surface area contributed by atoms with E-state index in [1.807, 2.05) is 0 Å². The minimum Gasteiger partial charge on any atom is -0.508 e. The maximum absolute atomic E-state index is 12.2. The second-order valence-corrected chi connectivity index (χ2v) is 4.39. The molecule has 1 saturated heterocycles. The zero-order valence-corrected chi connectivity index (χ0v) is 10.3. The quantitative estimate of drug-likeness (QED) is 0.767. The molecule has 0 aliphatic carbocycles. The van der Waals surface area contributed by atoms with Gasteiger partial charge in [0, 0.05) is 31.6 Å². The molecule has 2 rings (SSSR count). The van der Waals surface area contributed by atoms with Crippen LogP contribution in [0.5, 0.6) is 5.75 Å². The fourth-order valence-electron chi connectivity index (χ4n) is 1.90. The third kappa shape index (κ3) is 2.61. The topological polar surface area (TPSA) is 69.6 Å². The first-order valence-electron chi connectivity index (χ1n) is 5.93. The van der Waals surface area contributed by atoms with Crippen LogP contribution in [0.4, 0.5) is 0 Å². The fraction of sp³-hybridized carbons (Fsp3) is 0.385. The van der Waals surface area contributed by atoms with Crippen LogP contribution in [0.2, 0.25) is 0 Å². The standard InChI is InChI=1S/C13H16N2O3/c1-9-2-3-10(8-11(9)16)13(18)15-6-4-12(17)14-5-7-15/h2-3,8,16H,4-7H2,1H3,(H,14,17). The average Bonchev–Trinajstić information content (AvgIpc) is 2.57. The highest BCUT2D eigenvalue weighted by molar-refractivity contribution is 5.95. The number of nitrogens with zero attached hydrogens (tertiary/aromatic N) is 1. The van der Waals surface area contributed by atoms with Gasteiger partial charge in [0.05, 0.1) is 0 Å².